The van der Waals surface area contributed by atoms with Crippen LogP contribution in [0.25, 0.3) is 0 Å². The molecule has 0 aliphatic carbocycles. The van der Waals surface area contributed by atoms with Crippen molar-refractivity contribution < 1.29 is 15.0 Å². The van der Waals surface area contributed by atoms with E-state index in [-0.39, 0.29) is 12.6 Å². The average molecular weight is 216 g/mol. The molecule has 2 unspecified atom stereocenters. The van der Waals surface area contributed by atoms with Crippen LogP contribution in [0.2, 0.25) is 0 Å². The second kappa shape index (κ2) is 4.47. The Morgan fingerprint density at radius 3 is 2.60 bits per heavy atom. The lowest BCUT2D eigenvalue weighted by atomic mass is 10.0. The van der Waals surface area contributed by atoms with E-state index in [0.29, 0.717) is 0 Å². The normalized spacial score (nSPS) is 28.7. The highest BCUT2D eigenvalue weighted by molar-refractivity contribution is 5.76. The molecule has 1 heterocycles. The summed E-state index contributed by atoms with van der Waals surface area (Å²) >= 11 is 0. The van der Waals surface area contributed by atoms with Crippen LogP contribution >= 0.6 is 0 Å². The summed E-state index contributed by atoms with van der Waals surface area (Å²) in [5, 5.41) is 18.5. The molecule has 1 saturated heterocycles. The molecule has 0 spiro atoms. The number of hydrogen-bond donors (Lipinski definition) is 2. The molecule has 1 aliphatic heterocycles. The predicted molar refractivity (Wildman–Crippen MR) is 56.8 cm³/mol. The molecule has 1 rings (SSSR count). The number of carboxylic acid groups (broad SMARTS) is 1. The second-order valence-corrected chi connectivity index (χ2v) is 4.66. The first-order valence-corrected chi connectivity index (χ1v) is 5.21. The summed E-state index contributed by atoms with van der Waals surface area (Å²) in [6.45, 7) is 6.22. The smallest absolute Gasteiger partial charge is 0.336 e. The maximum Gasteiger partial charge on any atom is 0.336 e. The highest BCUT2D eigenvalue weighted by atomic mass is 16.4. The Hall–Kier alpha value is -0.650. The fraction of sp³-hybridized carbons (Fsp3) is 0.900. The maximum absolute atomic E-state index is 10.8. The summed E-state index contributed by atoms with van der Waals surface area (Å²) in [5.74, 6) is -1.16. The number of rotatable bonds is 3. The van der Waals surface area contributed by atoms with E-state index in [2.05, 4.69) is 4.90 Å². The highest BCUT2D eigenvalue weighted by Gasteiger charge is 2.35. The molecule has 2 N–H and O–H groups in total. The van der Waals surface area contributed by atoms with Gasteiger partial charge in [-0.1, -0.05) is 0 Å². The number of carboxylic acids is 1. The standard InChI is InChI=1S/C10H20N2O3/c1-8-6-11(3)4-5-12(8)7-10(2,15)9(13)14/h8,15H,4-7H2,1-3H3,(H,13,14). The van der Waals surface area contributed by atoms with Gasteiger partial charge in [-0.15, -0.1) is 0 Å². The van der Waals surface area contributed by atoms with Crippen molar-refractivity contribution in [2.75, 3.05) is 33.2 Å². The maximum atomic E-state index is 10.8. The fourth-order valence-electron chi connectivity index (χ4n) is 1.88. The Balaban J connectivity index is 2.55. The zero-order valence-electron chi connectivity index (χ0n) is 9.60. The first-order valence-electron chi connectivity index (χ1n) is 5.21. The van der Waals surface area contributed by atoms with E-state index in [9.17, 15) is 9.90 Å². The molecular weight excluding hydrogens is 196 g/mol. The Bertz CT molecular complexity index is 243. The summed E-state index contributed by atoms with van der Waals surface area (Å²) in [7, 11) is 2.04. The van der Waals surface area contributed by atoms with Crippen LogP contribution in [-0.4, -0.2) is 70.9 Å². The monoisotopic (exact) mass is 216 g/mol. The molecule has 88 valence electrons. The molecule has 0 amide bonds. The van der Waals surface area contributed by atoms with Gasteiger partial charge in [0.15, 0.2) is 5.60 Å². The molecule has 5 nitrogen and oxygen atoms in total. The van der Waals surface area contributed by atoms with Crippen molar-refractivity contribution in [2.45, 2.75) is 25.5 Å². The summed E-state index contributed by atoms with van der Waals surface area (Å²) < 4.78 is 0. The number of piperazine rings is 1. The molecule has 0 aromatic carbocycles. The quantitative estimate of drug-likeness (QED) is 0.663. The van der Waals surface area contributed by atoms with Crippen LogP contribution in [0.15, 0.2) is 0 Å². The lowest BCUT2D eigenvalue weighted by Crippen LogP contribution is -2.56. The largest absolute Gasteiger partial charge is 0.479 e. The van der Waals surface area contributed by atoms with Gasteiger partial charge in [-0.2, -0.15) is 0 Å². The van der Waals surface area contributed by atoms with Crippen LogP contribution < -0.4 is 0 Å². The summed E-state index contributed by atoms with van der Waals surface area (Å²) in [4.78, 5) is 15.0. The van der Waals surface area contributed by atoms with E-state index in [1.54, 1.807) is 0 Å². The van der Waals surface area contributed by atoms with Gasteiger partial charge in [0.2, 0.25) is 0 Å². The van der Waals surface area contributed by atoms with E-state index < -0.39 is 11.6 Å². The zero-order chi connectivity index (χ0) is 11.6. The van der Waals surface area contributed by atoms with Crippen LogP contribution in [0, 0.1) is 0 Å². The Morgan fingerprint density at radius 2 is 2.13 bits per heavy atom. The van der Waals surface area contributed by atoms with Gasteiger partial charge in [-0.3, -0.25) is 4.90 Å². The van der Waals surface area contributed by atoms with Crippen LogP contribution in [0.4, 0.5) is 0 Å². The van der Waals surface area contributed by atoms with Crippen LogP contribution in [0.1, 0.15) is 13.8 Å². The summed E-state index contributed by atoms with van der Waals surface area (Å²) in [5.41, 5.74) is -1.65. The van der Waals surface area contributed by atoms with Gasteiger partial charge >= 0.3 is 5.97 Å². The minimum atomic E-state index is -1.65. The van der Waals surface area contributed by atoms with Crippen molar-refractivity contribution in [2.24, 2.45) is 0 Å². The molecule has 5 heteroatoms. The number of aliphatic carboxylic acids is 1. The number of hydrogen-bond acceptors (Lipinski definition) is 4. The Kier molecular flexibility index (Phi) is 3.70. The van der Waals surface area contributed by atoms with Crippen molar-refractivity contribution in [3.63, 3.8) is 0 Å². The van der Waals surface area contributed by atoms with Crippen LogP contribution in [-0.2, 0) is 4.79 Å². The van der Waals surface area contributed by atoms with E-state index in [0.717, 1.165) is 19.6 Å². The third kappa shape index (κ3) is 3.15. The fourth-order valence-corrected chi connectivity index (χ4v) is 1.88. The highest BCUT2D eigenvalue weighted by Crippen LogP contribution is 2.13. The molecule has 0 bridgehead atoms. The molecule has 2 atom stereocenters. The van der Waals surface area contributed by atoms with Crippen molar-refractivity contribution in [3.8, 4) is 0 Å². The zero-order valence-corrected chi connectivity index (χ0v) is 9.60. The van der Waals surface area contributed by atoms with Crippen LogP contribution in [0.3, 0.4) is 0 Å². The molecule has 1 aliphatic rings. The minimum absolute atomic E-state index is 0.192. The molecule has 0 saturated carbocycles. The van der Waals surface area contributed by atoms with E-state index in [1.807, 2.05) is 18.9 Å². The van der Waals surface area contributed by atoms with Crippen molar-refractivity contribution >= 4 is 5.97 Å². The van der Waals surface area contributed by atoms with Gasteiger partial charge in [-0.05, 0) is 20.9 Å². The molecule has 1 fully saturated rings. The van der Waals surface area contributed by atoms with Crippen molar-refractivity contribution in [3.05, 3.63) is 0 Å². The van der Waals surface area contributed by atoms with Crippen molar-refractivity contribution in [1.82, 2.24) is 9.80 Å². The van der Waals surface area contributed by atoms with Gasteiger partial charge in [0.05, 0.1) is 0 Å². The number of β-amino-alcohol motifs (C(OH)–C–C–N with tert-alkyl or cyclic N) is 1. The second-order valence-electron chi connectivity index (χ2n) is 4.66. The number of carbonyl (C=O) groups is 1. The number of nitrogens with zero attached hydrogens (tertiary/aromatic N) is 2. The molecular formula is C10H20N2O3. The lowest BCUT2D eigenvalue weighted by Gasteiger charge is -2.40. The Labute approximate surface area is 90.3 Å². The van der Waals surface area contributed by atoms with Gasteiger partial charge < -0.3 is 15.1 Å². The Morgan fingerprint density at radius 1 is 1.53 bits per heavy atom. The van der Waals surface area contributed by atoms with E-state index >= 15 is 0 Å². The third-order valence-corrected chi connectivity index (χ3v) is 2.94. The third-order valence-electron chi connectivity index (χ3n) is 2.94. The SMILES string of the molecule is CC1CN(C)CCN1CC(C)(O)C(=O)O. The van der Waals surface area contributed by atoms with Crippen LogP contribution in [0.5, 0.6) is 0 Å². The predicted octanol–water partition coefficient (Wildman–Crippen LogP) is -0.542. The number of aliphatic hydroxyl groups is 1. The van der Waals surface area contributed by atoms with Gasteiger partial charge in [0, 0.05) is 32.2 Å². The summed E-state index contributed by atoms with van der Waals surface area (Å²) in [6.07, 6.45) is 0. The number of likely N-dealkylation sites (N-methyl/N-ethyl adjacent to an activating group) is 1. The molecule has 15 heavy (non-hydrogen) atoms. The van der Waals surface area contributed by atoms with E-state index in [4.69, 9.17) is 5.11 Å². The molecule has 0 aromatic heterocycles. The average Bonchev–Trinajstić information content (AvgIpc) is 2.09. The molecule has 0 aromatic rings. The molecule has 0 radical (unpaired) electrons. The van der Waals surface area contributed by atoms with Crippen molar-refractivity contribution in [1.29, 1.82) is 0 Å². The first-order chi connectivity index (χ1) is 6.83. The minimum Gasteiger partial charge on any atom is -0.479 e. The summed E-state index contributed by atoms with van der Waals surface area (Å²) in [6, 6.07) is 0.287. The van der Waals surface area contributed by atoms with Gasteiger partial charge in [-0.25, -0.2) is 4.79 Å². The van der Waals surface area contributed by atoms with E-state index in [1.165, 1.54) is 6.92 Å². The topological polar surface area (TPSA) is 64.0 Å². The lowest BCUT2D eigenvalue weighted by molar-refractivity contribution is -0.159. The van der Waals surface area contributed by atoms with Gasteiger partial charge in [0.1, 0.15) is 0 Å². The van der Waals surface area contributed by atoms with Gasteiger partial charge in [0.25, 0.3) is 0 Å². The first kappa shape index (κ1) is 12.4.